The highest BCUT2D eigenvalue weighted by Crippen LogP contribution is 2.65. The number of anilines is 2. The standard InChI is InChI=1S/C37H47N3O6/c1-8-21-38(27-15-17-28(18-16-27)45-11-4)33(42)29-30-34(43)40(26(7)23-41)32(37(30)20-19-36(29,10-3)46-37)35(44)39(22-9-2)31-24(5)13-12-14-25(31)6/h8-9,12-18,26,29-30,32,41H,1-2,10-11,19-23H2,3-7H3/t26-,29-,30+,32?,36+,37?/m1/s1. The number of hydrogen-bond acceptors (Lipinski definition) is 6. The van der Waals surface area contributed by atoms with Crippen LogP contribution in [0.5, 0.6) is 5.75 Å². The third-order valence-electron chi connectivity index (χ3n) is 10.2. The number of amides is 3. The summed E-state index contributed by atoms with van der Waals surface area (Å²) in [6.07, 6.45) is 4.82. The molecule has 0 radical (unpaired) electrons. The first-order valence-corrected chi connectivity index (χ1v) is 16.3. The molecule has 2 aromatic carbocycles. The number of benzene rings is 2. The summed E-state index contributed by atoms with van der Waals surface area (Å²) in [5.74, 6) is -1.91. The van der Waals surface area contributed by atoms with Crippen LogP contribution in [-0.4, -0.2) is 77.3 Å². The van der Waals surface area contributed by atoms with Crippen LogP contribution >= 0.6 is 0 Å². The molecule has 6 atom stereocenters. The molecule has 1 N–H and O–H groups in total. The lowest BCUT2D eigenvalue weighted by Gasteiger charge is -2.39. The van der Waals surface area contributed by atoms with E-state index in [1.54, 1.807) is 28.9 Å². The van der Waals surface area contributed by atoms with Gasteiger partial charge in [0.15, 0.2) is 0 Å². The first-order chi connectivity index (χ1) is 22.0. The molecule has 1 spiro atoms. The van der Waals surface area contributed by atoms with Crippen molar-refractivity contribution in [2.45, 2.75) is 77.2 Å². The van der Waals surface area contributed by atoms with Crippen LogP contribution in [-0.2, 0) is 19.1 Å². The van der Waals surface area contributed by atoms with Crippen LogP contribution in [0.4, 0.5) is 11.4 Å². The number of para-hydroxylation sites is 1. The van der Waals surface area contributed by atoms with Gasteiger partial charge < -0.3 is 29.3 Å². The van der Waals surface area contributed by atoms with E-state index in [1.807, 2.05) is 70.2 Å². The van der Waals surface area contributed by atoms with Crippen molar-refractivity contribution in [2.24, 2.45) is 11.8 Å². The molecule has 3 aliphatic heterocycles. The van der Waals surface area contributed by atoms with Crippen LogP contribution in [0.1, 0.15) is 51.2 Å². The molecule has 9 nitrogen and oxygen atoms in total. The second-order valence-electron chi connectivity index (χ2n) is 12.8. The number of aliphatic hydroxyl groups excluding tert-OH is 1. The number of hydrogen-bond donors (Lipinski definition) is 1. The fraction of sp³-hybridized carbons (Fsp3) is 0.486. The van der Waals surface area contributed by atoms with Crippen molar-refractivity contribution in [2.75, 3.05) is 36.1 Å². The minimum absolute atomic E-state index is 0.226. The lowest BCUT2D eigenvalue weighted by atomic mass is 9.64. The van der Waals surface area contributed by atoms with Gasteiger partial charge in [-0.05, 0) is 82.3 Å². The van der Waals surface area contributed by atoms with Crippen LogP contribution in [0.25, 0.3) is 0 Å². The SMILES string of the molecule is C=CCN(C(=O)[C@H]1[C@H]2C(=O)N([C@H](C)CO)C(C(=O)N(CC=C)c3c(C)cccc3C)C23CC[C@]1(CC)O3)c1ccc(OCC)cc1. The van der Waals surface area contributed by atoms with Gasteiger partial charge in [-0.25, -0.2) is 0 Å². The van der Waals surface area contributed by atoms with E-state index in [-0.39, 0.29) is 37.4 Å². The lowest BCUT2D eigenvalue weighted by Crippen LogP contribution is -2.58. The van der Waals surface area contributed by atoms with E-state index in [4.69, 9.17) is 9.47 Å². The van der Waals surface area contributed by atoms with E-state index in [0.717, 1.165) is 16.8 Å². The van der Waals surface area contributed by atoms with Gasteiger partial charge in [-0.2, -0.15) is 0 Å². The number of ether oxygens (including phenoxy) is 2. The Morgan fingerprint density at radius 1 is 1.04 bits per heavy atom. The number of likely N-dealkylation sites (tertiary alicyclic amines) is 1. The zero-order valence-corrected chi connectivity index (χ0v) is 27.7. The molecule has 3 heterocycles. The average Bonchev–Trinajstić information content (AvgIpc) is 3.66. The summed E-state index contributed by atoms with van der Waals surface area (Å²) >= 11 is 0. The summed E-state index contributed by atoms with van der Waals surface area (Å²) in [6, 6.07) is 11.4. The number of aliphatic hydroxyl groups is 1. The normalized spacial score (nSPS) is 26.9. The molecular weight excluding hydrogens is 582 g/mol. The van der Waals surface area contributed by atoms with Crippen molar-refractivity contribution in [1.82, 2.24) is 4.90 Å². The molecule has 0 saturated carbocycles. The Hall–Kier alpha value is -3.95. The fourth-order valence-corrected chi connectivity index (χ4v) is 8.18. The maximum atomic E-state index is 15.0. The molecule has 0 aromatic heterocycles. The second-order valence-corrected chi connectivity index (χ2v) is 12.8. The van der Waals surface area contributed by atoms with Gasteiger partial charge in [0, 0.05) is 24.5 Å². The molecular formula is C37H47N3O6. The van der Waals surface area contributed by atoms with Gasteiger partial charge in [-0.3, -0.25) is 14.4 Å². The summed E-state index contributed by atoms with van der Waals surface area (Å²) in [5, 5.41) is 10.4. The zero-order chi connectivity index (χ0) is 33.4. The van der Waals surface area contributed by atoms with Gasteiger partial charge in [0.25, 0.3) is 5.91 Å². The smallest absolute Gasteiger partial charge is 0.253 e. The molecule has 2 unspecified atom stereocenters. The molecule has 5 rings (SSSR count). The molecule has 3 fully saturated rings. The Morgan fingerprint density at radius 2 is 1.67 bits per heavy atom. The predicted octanol–water partition coefficient (Wildman–Crippen LogP) is 4.98. The van der Waals surface area contributed by atoms with Gasteiger partial charge in [0.1, 0.15) is 17.4 Å². The van der Waals surface area contributed by atoms with E-state index in [0.29, 0.717) is 37.3 Å². The third-order valence-corrected chi connectivity index (χ3v) is 10.2. The van der Waals surface area contributed by atoms with Gasteiger partial charge in [-0.15, -0.1) is 13.2 Å². The first kappa shape index (κ1) is 33.4. The largest absolute Gasteiger partial charge is 0.494 e. The minimum atomic E-state index is -1.23. The number of nitrogens with zero attached hydrogens (tertiary/aromatic N) is 3. The number of carbonyl (C=O) groups is 3. The molecule has 246 valence electrons. The summed E-state index contributed by atoms with van der Waals surface area (Å²) in [5.41, 5.74) is 1.09. The van der Waals surface area contributed by atoms with Crippen LogP contribution < -0.4 is 14.5 Å². The molecule has 46 heavy (non-hydrogen) atoms. The maximum absolute atomic E-state index is 15.0. The first-order valence-electron chi connectivity index (χ1n) is 16.3. The van der Waals surface area contributed by atoms with Crippen molar-refractivity contribution in [1.29, 1.82) is 0 Å². The third kappa shape index (κ3) is 5.14. The highest BCUT2D eigenvalue weighted by Gasteiger charge is 2.79. The number of aryl methyl sites for hydroxylation is 2. The molecule has 3 saturated heterocycles. The van der Waals surface area contributed by atoms with Crippen molar-refractivity contribution in [3.8, 4) is 5.75 Å². The Kier molecular flexibility index (Phi) is 9.47. The Labute approximate surface area is 272 Å². The lowest BCUT2D eigenvalue weighted by molar-refractivity contribution is -0.149. The van der Waals surface area contributed by atoms with Gasteiger partial charge in [0.05, 0.1) is 36.7 Å². The molecule has 2 aromatic rings. The monoisotopic (exact) mass is 629 g/mol. The van der Waals surface area contributed by atoms with Gasteiger partial charge >= 0.3 is 0 Å². The molecule has 3 amide bonds. The van der Waals surface area contributed by atoms with E-state index in [2.05, 4.69) is 13.2 Å². The van der Waals surface area contributed by atoms with Crippen molar-refractivity contribution in [3.05, 3.63) is 78.9 Å². The topological polar surface area (TPSA) is 99.6 Å². The van der Waals surface area contributed by atoms with Crippen molar-refractivity contribution in [3.63, 3.8) is 0 Å². The summed E-state index contributed by atoms with van der Waals surface area (Å²) in [4.78, 5) is 49.3. The second kappa shape index (κ2) is 13.0. The Bertz CT molecular complexity index is 1490. The minimum Gasteiger partial charge on any atom is -0.494 e. The molecule has 0 aliphatic carbocycles. The summed E-state index contributed by atoms with van der Waals surface area (Å²) in [6.45, 7) is 18.0. The van der Waals surface area contributed by atoms with Crippen LogP contribution in [0, 0.1) is 25.7 Å². The fourth-order valence-electron chi connectivity index (χ4n) is 8.18. The number of carbonyl (C=O) groups excluding carboxylic acids is 3. The van der Waals surface area contributed by atoms with Gasteiger partial charge in [0.2, 0.25) is 11.8 Å². The molecule has 3 aliphatic rings. The van der Waals surface area contributed by atoms with E-state index in [1.165, 1.54) is 4.90 Å². The van der Waals surface area contributed by atoms with Crippen molar-refractivity contribution >= 4 is 29.1 Å². The van der Waals surface area contributed by atoms with E-state index in [9.17, 15) is 19.5 Å². The summed E-state index contributed by atoms with van der Waals surface area (Å²) < 4.78 is 12.6. The van der Waals surface area contributed by atoms with E-state index < -0.39 is 35.1 Å². The molecule has 2 bridgehead atoms. The van der Waals surface area contributed by atoms with Crippen molar-refractivity contribution < 1.29 is 29.0 Å². The van der Waals surface area contributed by atoms with Crippen LogP contribution in [0.3, 0.4) is 0 Å². The predicted molar refractivity (Wildman–Crippen MR) is 179 cm³/mol. The summed E-state index contributed by atoms with van der Waals surface area (Å²) in [7, 11) is 0. The Morgan fingerprint density at radius 3 is 2.24 bits per heavy atom. The van der Waals surface area contributed by atoms with Crippen LogP contribution in [0.2, 0.25) is 0 Å². The maximum Gasteiger partial charge on any atom is 0.253 e. The Balaban J connectivity index is 1.62. The van der Waals surface area contributed by atoms with E-state index >= 15 is 0 Å². The highest BCUT2D eigenvalue weighted by atomic mass is 16.5. The van der Waals surface area contributed by atoms with Gasteiger partial charge in [-0.1, -0.05) is 37.3 Å². The average molecular weight is 630 g/mol. The number of fused-ring (bicyclic) bond motifs is 1. The quantitative estimate of drug-likeness (QED) is 0.314. The highest BCUT2D eigenvalue weighted by molar-refractivity contribution is 6.07. The number of rotatable bonds is 13. The zero-order valence-electron chi connectivity index (χ0n) is 27.7. The van der Waals surface area contributed by atoms with Crippen LogP contribution in [0.15, 0.2) is 67.8 Å². The molecule has 9 heteroatoms.